The van der Waals surface area contributed by atoms with Crippen LogP contribution in [-0.4, -0.2) is 86.4 Å². The maximum atomic E-state index is 15.1. The molecule has 0 aliphatic carbocycles. The lowest BCUT2D eigenvalue weighted by molar-refractivity contribution is -0.138. The lowest BCUT2D eigenvalue weighted by Crippen LogP contribution is -2.56. The van der Waals surface area contributed by atoms with Crippen LogP contribution >= 0.6 is 11.8 Å². The number of hydrogen-bond acceptors (Lipinski definition) is 10. The number of fused-ring (bicyclic) bond motifs is 6. The summed E-state index contributed by atoms with van der Waals surface area (Å²) in [5, 5.41) is 0. The Kier molecular flexibility index (Phi) is 13.8. The lowest BCUT2D eigenvalue weighted by atomic mass is 9.98. The first-order valence-corrected chi connectivity index (χ1v) is 26.8. The molecule has 2 fully saturated rings. The fourth-order valence-electron chi connectivity index (χ4n) is 9.80. The highest BCUT2D eigenvalue weighted by atomic mass is 32.2. The van der Waals surface area contributed by atoms with Crippen LogP contribution in [0.25, 0.3) is 22.3 Å². The molecule has 26 heteroatoms. The van der Waals surface area contributed by atoms with E-state index in [0.717, 1.165) is 57.1 Å². The summed E-state index contributed by atoms with van der Waals surface area (Å²) in [5.41, 5.74) is -2.60. The Hall–Kier alpha value is -6.51. The molecule has 2 unspecified atom stereocenters. The number of benzene rings is 6. The van der Waals surface area contributed by atoms with Crippen LogP contribution in [0, 0.1) is 11.6 Å². The second kappa shape index (κ2) is 19.8. The molecule has 6 aromatic rings. The van der Waals surface area contributed by atoms with Gasteiger partial charge in [-0.05, 0) is 113 Å². The van der Waals surface area contributed by atoms with E-state index >= 15 is 8.42 Å². The van der Waals surface area contributed by atoms with Gasteiger partial charge < -0.3 is 24.0 Å². The van der Waals surface area contributed by atoms with Gasteiger partial charge in [-0.25, -0.2) is 25.6 Å². The summed E-state index contributed by atoms with van der Waals surface area (Å²) in [6, 6.07) is 17.6. The monoisotopic (exact) mass is 1130 g/mol. The molecule has 76 heavy (non-hydrogen) atoms. The quantitative estimate of drug-likeness (QED) is 0.116. The number of sulfonamides is 2. The molecule has 0 amide bonds. The molecule has 6 aromatic carbocycles. The molecular weight excluding hydrogens is 1090 g/mol. The topological polar surface area (TPSA) is 109 Å². The van der Waals surface area contributed by atoms with Crippen LogP contribution in [0.5, 0.6) is 11.5 Å². The number of rotatable bonds is 11. The minimum absolute atomic E-state index is 0.00176. The first-order valence-electron chi connectivity index (χ1n) is 22.8. The Labute approximate surface area is 430 Å². The van der Waals surface area contributed by atoms with E-state index in [1.54, 1.807) is 11.0 Å². The summed E-state index contributed by atoms with van der Waals surface area (Å²) >= 11 is 1.53. The average molecular weight is 1130 g/mol. The van der Waals surface area contributed by atoms with Crippen LogP contribution < -0.4 is 27.9 Å². The summed E-state index contributed by atoms with van der Waals surface area (Å²) in [7, 11) is -9.88. The van der Waals surface area contributed by atoms with Crippen LogP contribution in [0.1, 0.15) is 22.8 Å². The minimum Gasteiger partial charge on any atom is -0.435 e. The van der Waals surface area contributed by atoms with Gasteiger partial charge in [-0.2, -0.15) is 55.7 Å². The maximum Gasteiger partial charge on any atom is 0.416 e. The maximum absolute atomic E-state index is 15.1. The van der Waals surface area contributed by atoms with Crippen molar-refractivity contribution in [2.24, 2.45) is 0 Å². The lowest BCUT2D eigenvalue weighted by Gasteiger charge is -2.48. The molecule has 0 N–H and O–H groups in total. The van der Waals surface area contributed by atoms with E-state index < -0.39 is 121 Å². The Morgan fingerprint density at radius 3 is 1.66 bits per heavy atom. The summed E-state index contributed by atoms with van der Waals surface area (Å²) < 4.78 is 245. The van der Waals surface area contributed by atoms with Crippen molar-refractivity contribution in [1.29, 1.82) is 0 Å². The molecule has 0 saturated carbocycles. The first-order chi connectivity index (χ1) is 35.8. The van der Waals surface area contributed by atoms with Crippen molar-refractivity contribution in [2.45, 2.75) is 53.6 Å². The van der Waals surface area contributed by atoms with Crippen LogP contribution in [0.15, 0.2) is 125 Å². The van der Waals surface area contributed by atoms with Gasteiger partial charge >= 0.3 is 25.6 Å². The van der Waals surface area contributed by atoms with Gasteiger partial charge in [0.25, 0.3) is 20.0 Å². The highest BCUT2D eigenvalue weighted by Crippen LogP contribution is 2.48. The smallest absolute Gasteiger partial charge is 0.416 e. The Morgan fingerprint density at radius 1 is 0.553 bits per heavy atom. The molecule has 2 saturated heterocycles. The third-order valence-corrected chi connectivity index (χ3v) is 17.8. The molecule has 0 aromatic heterocycles. The van der Waals surface area contributed by atoms with Crippen LogP contribution in [0.4, 0.5) is 75.4 Å². The van der Waals surface area contributed by atoms with Gasteiger partial charge in [-0.15, -0.1) is 0 Å². The van der Waals surface area contributed by atoms with E-state index in [4.69, 9.17) is 4.74 Å². The minimum atomic E-state index is -5.14. The number of anilines is 4. The van der Waals surface area contributed by atoms with Gasteiger partial charge in [0.15, 0.2) is 0 Å². The number of hydrogen-bond donors (Lipinski definition) is 0. The van der Waals surface area contributed by atoms with E-state index in [2.05, 4.69) is 9.47 Å². The second-order valence-corrected chi connectivity index (χ2v) is 22.8. The summed E-state index contributed by atoms with van der Waals surface area (Å²) in [6.07, 6.45) is -11.5. The average Bonchev–Trinajstić information content (AvgIpc) is 3.41. The van der Waals surface area contributed by atoms with Crippen molar-refractivity contribution in [2.75, 3.05) is 62.7 Å². The fraction of sp³-hybridized carbons (Fsp3) is 0.280. The van der Waals surface area contributed by atoms with Crippen molar-refractivity contribution in [1.82, 2.24) is 0 Å². The van der Waals surface area contributed by atoms with Crippen molar-refractivity contribution in [3.8, 4) is 33.8 Å². The molecule has 3 atom stereocenters. The summed E-state index contributed by atoms with van der Waals surface area (Å²) in [5.74, 6) is -2.00. The zero-order valence-corrected chi connectivity index (χ0v) is 41.2. The SMILES string of the molecule is O=S(=O)(c1cc(C2CN3c4ccc(-c5cc(F)cc(OC(F)F)c5)cc4N(S(=O)(=O)c4cccc(C(F)(F)F)c4)C[C@@H]3CO2)cc(C(F)(F)F)c1)N1CC2CSCCN2c2ccc(-c3cc(F)cc(OC(F)F)c3)cc21. The predicted molar refractivity (Wildman–Crippen MR) is 257 cm³/mol. The van der Waals surface area contributed by atoms with Gasteiger partial charge in [0.05, 0.1) is 75.4 Å². The molecule has 402 valence electrons. The van der Waals surface area contributed by atoms with Gasteiger partial charge in [0.2, 0.25) is 0 Å². The number of alkyl halides is 10. The molecule has 11 nitrogen and oxygen atoms in total. The molecule has 4 aliphatic rings. The first kappa shape index (κ1) is 52.9. The molecule has 0 bridgehead atoms. The standard InChI is InChI=1S/C50H38F12N4O7S3/c51-34-11-29(13-38(20-34)72-47(53)54)27-4-6-42-44(16-27)66(23-37-26-74-9-8-63(37)42)76(69,70)41-15-31(10-33(19-41)50(60,61)62)46-24-64-36(25-71-46)22-65(75(67,68)40-3-1-2-32(18-40)49(57,58)59)45-17-28(5-7-43(45)64)30-12-35(52)21-39(14-30)73-48(55)56/h1-7,10-21,36-37,46-48H,8-9,22-26H2/t36-,37?,46?/m1/s1. The normalized spacial score (nSPS) is 19.1. The number of thioether (sulfide) groups is 1. The van der Waals surface area contributed by atoms with E-state index in [-0.39, 0.29) is 58.0 Å². The highest BCUT2D eigenvalue weighted by Gasteiger charge is 2.45. The van der Waals surface area contributed by atoms with Crippen LogP contribution in [0.2, 0.25) is 0 Å². The third-order valence-electron chi connectivity index (χ3n) is 13.2. The Morgan fingerprint density at radius 2 is 1.09 bits per heavy atom. The molecule has 4 heterocycles. The van der Waals surface area contributed by atoms with Gasteiger partial charge in [0, 0.05) is 36.7 Å². The Bertz CT molecular complexity index is 3460. The number of morpholine rings is 1. The van der Waals surface area contributed by atoms with Gasteiger partial charge in [-0.1, -0.05) is 18.2 Å². The third kappa shape index (κ3) is 10.4. The van der Waals surface area contributed by atoms with Crippen molar-refractivity contribution in [3.05, 3.63) is 144 Å². The second-order valence-electron chi connectivity index (χ2n) is 18.0. The Balaban J connectivity index is 1.05. The van der Waals surface area contributed by atoms with Crippen molar-refractivity contribution < 1.29 is 83.7 Å². The van der Waals surface area contributed by atoms with Crippen LogP contribution in [0.3, 0.4) is 0 Å². The number of ether oxygens (including phenoxy) is 3. The van der Waals surface area contributed by atoms with E-state index in [1.165, 1.54) is 42.1 Å². The largest absolute Gasteiger partial charge is 0.435 e. The zero-order chi connectivity index (χ0) is 54.2. The molecule has 0 spiro atoms. The zero-order valence-electron chi connectivity index (χ0n) is 38.7. The van der Waals surface area contributed by atoms with E-state index in [0.29, 0.717) is 54.1 Å². The molecular formula is C50H38F12N4O7S3. The number of nitrogens with zero attached hydrogens (tertiary/aromatic N) is 4. The van der Waals surface area contributed by atoms with Gasteiger partial charge in [-0.3, -0.25) is 8.61 Å². The molecule has 0 radical (unpaired) electrons. The van der Waals surface area contributed by atoms with Gasteiger partial charge in [0.1, 0.15) is 29.2 Å². The van der Waals surface area contributed by atoms with Crippen LogP contribution in [-0.2, 0) is 37.1 Å². The van der Waals surface area contributed by atoms with Crippen molar-refractivity contribution >= 4 is 54.6 Å². The summed E-state index contributed by atoms with van der Waals surface area (Å²) in [4.78, 5) is 1.94. The number of halogens is 12. The molecule has 4 aliphatic heterocycles. The fourth-order valence-corrected chi connectivity index (χ4v) is 14.0. The summed E-state index contributed by atoms with van der Waals surface area (Å²) in [6.45, 7) is -7.76. The highest BCUT2D eigenvalue weighted by molar-refractivity contribution is 7.99. The van der Waals surface area contributed by atoms with E-state index in [9.17, 15) is 61.1 Å². The van der Waals surface area contributed by atoms with E-state index in [1.807, 2.05) is 4.90 Å². The van der Waals surface area contributed by atoms with Crippen molar-refractivity contribution in [3.63, 3.8) is 0 Å². The predicted octanol–water partition coefficient (Wildman–Crippen LogP) is 11.8. The molecule has 10 rings (SSSR count).